The Bertz CT molecular complexity index is 694. The second-order valence-corrected chi connectivity index (χ2v) is 5.42. The van der Waals surface area contributed by atoms with E-state index in [1.807, 2.05) is 43.3 Å². The summed E-state index contributed by atoms with van der Waals surface area (Å²) in [5.74, 6) is -0.128. The van der Waals surface area contributed by atoms with E-state index in [9.17, 15) is 4.79 Å². The minimum absolute atomic E-state index is 0. The van der Waals surface area contributed by atoms with Crippen LogP contribution >= 0.6 is 12.4 Å². The highest BCUT2D eigenvalue weighted by molar-refractivity contribution is 5.92. The maximum absolute atomic E-state index is 12.3. The molecule has 0 saturated carbocycles. The summed E-state index contributed by atoms with van der Waals surface area (Å²) in [6.07, 6.45) is 3.12. The van der Waals surface area contributed by atoms with Crippen LogP contribution in [0.4, 0.5) is 0 Å². The number of hydrogen-bond donors (Lipinski definition) is 2. The summed E-state index contributed by atoms with van der Waals surface area (Å²) in [6, 6.07) is 11.6. The van der Waals surface area contributed by atoms with E-state index in [2.05, 4.69) is 21.8 Å². The Labute approximate surface area is 142 Å². The number of para-hydroxylation sites is 1. The molecular weight excluding hydrogens is 312 g/mol. The number of halogens is 1. The van der Waals surface area contributed by atoms with Gasteiger partial charge in [-0.25, -0.2) is 4.68 Å². The van der Waals surface area contributed by atoms with Gasteiger partial charge in [0.2, 0.25) is 0 Å². The molecule has 0 fully saturated rings. The molecule has 0 bridgehead atoms. The van der Waals surface area contributed by atoms with Gasteiger partial charge < -0.3 is 10.6 Å². The van der Waals surface area contributed by atoms with E-state index in [1.54, 1.807) is 4.68 Å². The zero-order chi connectivity index (χ0) is 15.4. The molecule has 5 nitrogen and oxygen atoms in total. The molecule has 0 atom stereocenters. The molecule has 1 aromatic carbocycles. The first kappa shape index (κ1) is 17.2. The first-order chi connectivity index (χ1) is 10.7. The number of aromatic nitrogens is 2. The van der Waals surface area contributed by atoms with Crippen molar-refractivity contribution in [2.75, 3.05) is 19.6 Å². The molecule has 2 heterocycles. The van der Waals surface area contributed by atoms with Crippen LogP contribution in [-0.2, 0) is 0 Å². The van der Waals surface area contributed by atoms with E-state index >= 15 is 0 Å². The topological polar surface area (TPSA) is 59.0 Å². The molecule has 1 aliphatic heterocycles. The summed E-state index contributed by atoms with van der Waals surface area (Å²) in [5.41, 5.74) is 3.62. The van der Waals surface area contributed by atoms with Gasteiger partial charge in [-0.05, 0) is 38.1 Å². The van der Waals surface area contributed by atoms with Crippen molar-refractivity contribution in [1.82, 2.24) is 20.4 Å². The lowest BCUT2D eigenvalue weighted by Crippen LogP contribution is -2.29. The van der Waals surface area contributed by atoms with Crippen molar-refractivity contribution in [3.8, 4) is 5.69 Å². The highest BCUT2D eigenvalue weighted by Crippen LogP contribution is 2.12. The van der Waals surface area contributed by atoms with Gasteiger partial charge in [0.25, 0.3) is 5.91 Å². The third kappa shape index (κ3) is 4.21. The third-order valence-corrected chi connectivity index (χ3v) is 3.75. The van der Waals surface area contributed by atoms with Crippen molar-refractivity contribution in [3.63, 3.8) is 0 Å². The van der Waals surface area contributed by atoms with Gasteiger partial charge in [0, 0.05) is 18.8 Å². The van der Waals surface area contributed by atoms with Gasteiger partial charge in [-0.1, -0.05) is 29.8 Å². The first-order valence-corrected chi connectivity index (χ1v) is 7.53. The fourth-order valence-corrected chi connectivity index (χ4v) is 2.53. The number of rotatable bonds is 4. The van der Waals surface area contributed by atoms with Crippen molar-refractivity contribution in [2.45, 2.75) is 13.3 Å². The first-order valence-electron chi connectivity index (χ1n) is 7.53. The fraction of sp³-hybridized carbons (Fsp3) is 0.294. The Kier molecular flexibility index (Phi) is 5.96. The Morgan fingerprint density at radius 2 is 2.13 bits per heavy atom. The lowest BCUT2D eigenvalue weighted by Gasteiger charge is -2.14. The highest BCUT2D eigenvalue weighted by Gasteiger charge is 2.13. The predicted molar refractivity (Wildman–Crippen MR) is 93.5 cm³/mol. The van der Waals surface area contributed by atoms with E-state index in [4.69, 9.17) is 0 Å². The van der Waals surface area contributed by atoms with Crippen molar-refractivity contribution < 1.29 is 4.79 Å². The zero-order valence-electron chi connectivity index (χ0n) is 13.1. The van der Waals surface area contributed by atoms with Crippen LogP contribution in [0.2, 0.25) is 0 Å². The molecule has 122 valence electrons. The third-order valence-electron chi connectivity index (χ3n) is 3.75. The van der Waals surface area contributed by atoms with Crippen LogP contribution in [0.5, 0.6) is 0 Å². The molecule has 1 amide bonds. The normalized spacial score (nSPS) is 13.9. The molecule has 0 unspecified atom stereocenters. The second kappa shape index (κ2) is 7.94. The number of carbonyl (C=O) groups excluding carboxylic acids is 1. The summed E-state index contributed by atoms with van der Waals surface area (Å²) in [4.78, 5) is 12.3. The van der Waals surface area contributed by atoms with Crippen molar-refractivity contribution in [1.29, 1.82) is 0 Å². The van der Waals surface area contributed by atoms with Crippen LogP contribution in [0, 0.1) is 6.92 Å². The van der Waals surface area contributed by atoms with Gasteiger partial charge >= 0.3 is 0 Å². The standard InChI is InChI=1S/C17H20N4O.ClH/c1-13-11-16(20-21(13)15-5-3-2-4-6-15)17(22)19-12-14-7-9-18-10-8-14;/h2-7,11,18H,8-10,12H2,1H3,(H,19,22);1H. The highest BCUT2D eigenvalue weighted by atomic mass is 35.5. The Balaban J connectivity index is 0.00000192. The van der Waals surface area contributed by atoms with Crippen molar-refractivity contribution in [2.24, 2.45) is 0 Å². The Hall–Kier alpha value is -2.11. The second-order valence-electron chi connectivity index (χ2n) is 5.42. The van der Waals surface area contributed by atoms with Crippen LogP contribution in [0.15, 0.2) is 48.0 Å². The van der Waals surface area contributed by atoms with E-state index in [1.165, 1.54) is 5.57 Å². The lowest BCUT2D eigenvalue weighted by atomic mass is 10.1. The van der Waals surface area contributed by atoms with Crippen LogP contribution in [0.3, 0.4) is 0 Å². The number of carbonyl (C=O) groups is 1. The van der Waals surface area contributed by atoms with Gasteiger partial charge in [0.15, 0.2) is 5.69 Å². The molecule has 1 aromatic heterocycles. The number of nitrogens with one attached hydrogen (secondary N) is 2. The minimum atomic E-state index is -0.128. The van der Waals surface area contributed by atoms with E-state index < -0.39 is 0 Å². The maximum atomic E-state index is 12.3. The molecule has 0 spiro atoms. The fourth-order valence-electron chi connectivity index (χ4n) is 2.53. The average Bonchev–Trinajstić information content (AvgIpc) is 2.96. The van der Waals surface area contributed by atoms with E-state index in [0.717, 1.165) is 30.9 Å². The number of hydrogen-bond acceptors (Lipinski definition) is 3. The van der Waals surface area contributed by atoms with E-state index in [-0.39, 0.29) is 18.3 Å². The molecule has 0 aliphatic carbocycles. The summed E-state index contributed by atoms with van der Waals surface area (Å²) < 4.78 is 1.79. The summed E-state index contributed by atoms with van der Waals surface area (Å²) in [7, 11) is 0. The smallest absolute Gasteiger partial charge is 0.272 e. The SMILES string of the molecule is Cc1cc(C(=O)NCC2=CCNCC2)nn1-c1ccccc1.Cl. The predicted octanol–water partition coefficient (Wildman–Crippen LogP) is 2.25. The molecule has 1 aliphatic rings. The Morgan fingerprint density at radius 1 is 1.35 bits per heavy atom. The molecule has 0 saturated heterocycles. The largest absolute Gasteiger partial charge is 0.347 e. The van der Waals surface area contributed by atoms with Gasteiger partial charge in [-0.2, -0.15) is 5.10 Å². The van der Waals surface area contributed by atoms with Crippen LogP contribution in [-0.4, -0.2) is 35.3 Å². The van der Waals surface area contributed by atoms with Crippen molar-refractivity contribution in [3.05, 3.63) is 59.4 Å². The average molecular weight is 333 g/mol. The van der Waals surface area contributed by atoms with Gasteiger partial charge in [-0.3, -0.25) is 4.79 Å². The molecule has 0 radical (unpaired) electrons. The van der Waals surface area contributed by atoms with Crippen LogP contribution < -0.4 is 10.6 Å². The number of aryl methyl sites for hydroxylation is 1. The van der Waals surface area contributed by atoms with Gasteiger partial charge in [0.1, 0.15) is 0 Å². The molecule has 2 N–H and O–H groups in total. The zero-order valence-corrected chi connectivity index (χ0v) is 13.9. The molecule has 6 heteroatoms. The maximum Gasteiger partial charge on any atom is 0.272 e. The van der Waals surface area contributed by atoms with Gasteiger partial charge in [-0.15, -0.1) is 12.4 Å². The van der Waals surface area contributed by atoms with Crippen LogP contribution in [0.25, 0.3) is 5.69 Å². The quantitative estimate of drug-likeness (QED) is 0.844. The molecule has 23 heavy (non-hydrogen) atoms. The summed E-state index contributed by atoms with van der Waals surface area (Å²) in [5, 5.41) is 10.6. The monoisotopic (exact) mass is 332 g/mol. The lowest BCUT2D eigenvalue weighted by molar-refractivity contribution is 0.0951. The minimum Gasteiger partial charge on any atom is -0.347 e. The summed E-state index contributed by atoms with van der Waals surface area (Å²) in [6.45, 7) is 4.40. The molecular formula is C17H21ClN4O. The van der Waals surface area contributed by atoms with Gasteiger partial charge in [0.05, 0.1) is 5.69 Å². The summed E-state index contributed by atoms with van der Waals surface area (Å²) >= 11 is 0. The van der Waals surface area contributed by atoms with Crippen molar-refractivity contribution >= 4 is 18.3 Å². The number of benzene rings is 1. The van der Waals surface area contributed by atoms with E-state index in [0.29, 0.717) is 12.2 Å². The number of nitrogens with zero attached hydrogens (tertiary/aromatic N) is 2. The molecule has 3 rings (SSSR count). The molecule has 2 aromatic rings. The Morgan fingerprint density at radius 3 is 2.83 bits per heavy atom. The number of amides is 1. The van der Waals surface area contributed by atoms with Crippen LogP contribution in [0.1, 0.15) is 22.6 Å².